The van der Waals surface area contributed by atoms with Crippen LogP contribution in [0, 0.1) is 6.92 Å². The van der Waals surface area contributed by atoms with E-state index in [4.69, 9.17) is 10.5 Å². The minimum absolute atomic E-state index is 0.273. The predicted octanol–water partition coefficient (Wildman–Crippen LogP) is 0.393. The number of rotatable bonds is 3. The molecular weight excluding hydrogens is 156 g/mol. The van der Waals surface area contributed by atoms with Crippen molar-refractivity contribution >= 4 is 5.91 Å². The van der Waals surface area contributed by atoms with E-state index < -0.39 is 5.91 Å². The van der Waals surface area contributed by atoms with Crippen LogP contribution < -0.4 is 10.5 Å². The smallest absolute Gasteiger partial charge is 0.248 e. The number of primary amides is 1. The Morgan fingerprint density at radius 2 is 2.50 bits per heavy atom. The second kappa shape index (κ2) is 3.71. The van der Waals surface area contributed by atoms with E-state index in [1.807, 2.05) is 0 Å². The second-order valence-corrected chi connectivity index (χ2v) is 2.10. The molecule has 0 atom stereocenters. The molecule has 4 heteroatoms. The third kappa shape index (κ3) is 1.95. The van der Waals surface area contributed by atoms with Crippen LogP contribution in [0.4, 0.5) is 0 Å². The van der Waals surface area contributed by atoms with Gasteiger partial charge in [-0.05, 0) is 13.0 Å². The maximum Gasteiger partial charge on any atom is 0.248 e. The number of carbonyl (C=O) groups excluding carboxylic acids is 1. The average Bonchev–Trinajstić information content (AvgIpc) is 2.05. The van der Waals surface area contributed by atoms with Crippen LogP contribution in [0.3, 0.4) is 0 Å². The minimum atomic E-state index is -0.494. The van der Waals surface area contributed by atoms with E-state index in [1.54, 1.807) is 0 Å². The Hall–Kier alpha value is -1.58. The summed E-state index contributed by atoms with van der Waals surface area (Å²) in [4.78, 5) is 14.5. The highest BCUT2D eigenvalue weighted by Gasteiger charge is 2.01. The Kier molecular flexibility index (Phi) is 2.63. The first-order valence-corrected chi connectivity index (χ1v) is 3.42. The zero-order valence-corrected chi connectivity index (χ0v) is 6.49. The van der Waals surface area contributed by atoms with Crippen LogP contribution in [-0.2, 0) is 0 Å². The number of ether oxygens (including phenoxy) is 1. The molecule has 1 amide bonds. The first kappa shape index (κ1) is 8.52. The van der Waals surface area contributed by atoms with E-state index in [2.05, 4.69) is 11.9 Å². The van der Waals surface area contributed by atoms with Gasteiger partial charge >= 0.3 is 0 Å². The van der Waals surface area contributed by atoms with Gasteiger partial charge in [-0.25, -0.2) is 4.98 Å². The quantitative estimate of drug-likeness (QED) is 0.704. The third-order valence-corrected chi connectivity index (χ3v) is 1.27. The summed E-state index contributed by atoms with van der Waals surface area (Å²) in [5.74, 6) is -0.132. The number of aromatic nitrogens is 1. The van der Waals surface area contributed by atoms with Gasteiger partial charge in [-0.15, -0.1) is 0 Å². The molecule has 0 aliphatic heterocycles. The molecule has 0 bridgehead atoms. The van der Waals surface area contributed by atoms with Gasteiger partial charge in [-0.3, -0.25) is 4.79 Å². The van der Waals surface area contributed by atoms with Gasteiger partial charge in [0.1, 0.15) is 0 Å². The van der Waals surface area contributed by atoms with E-state index in [0.717, 1.165) is 0 Å². The Labute approximate surface area is 70.4 Å². The lowest BCUT2D eigenvalue weighted by atomic mass is 10.2. The van der Waals surface area contributed by atoms with Crippen molar-refractivity contribution in [2.24, 2.45) is 5.73 Å². The Bertz CT molecular complexity index is 286. The Morgan fingerprint density at radius 1 is 1.75 bits per heavy atom. The summed E-state index contributed by atoms with van der Waals surface area (Å²) < 4.78 is 4.97. The number of carbonyl (C=O) groups is 1. The summed E-state index contributed by atoms with van der Waals surface area (Å²) >= 11 is 0. The molecule has 0 fully saturated rings. The monoisotopic (exact) mass is 165 g/mol. The maximum atomic E-state index is 10.7. The lowest BCUT2D eigenvalue weighted by Gasteiger charge is -2.01. The maximum absolute atomic E-state index is 10.7. The summed E-state index contributed by atoms with van der Waals surface area (Å²) in [6.07, 6.45) is 1.46. The number of nitrogens with two attached hydrogens (primary N) is 1. The zero-order valence-electron chi connectivity index (χ0n) is 6.49. The highest BCUT2D eigenvalue weighted by molar-refractivity contribution is 5.92. The number of pyridine rings is 1. The minimum Gasteiger partial charge on any atom is -0.478 e. The van der Waals surface area contributed by atoms with Crippen LogP contribution >= 0.6 is 0 Å². The van der Waals surface area contributed by atoms with Crippen molar-refractivity contribution in [3.05, 3.63) is 30.8 Å². The lowest BCUT2D eigenvalue weighted by Crippen LogP contribution is -2.11. The predicted molar refractivity (Wildman–Crippen MR) is 43.6 cm³/mol. The summed E-state index contributed by atoms with van der Waals surface area (Å²) in [5.41, 5.74) is 5.42. The van der Waals surface area contributed by atoms with E-state index in [0.29, 0.717) is 11.4 Å². The molecule has 0 aliphatic rings. The summed E-state index contributed by atoms with van der Waals surface area (Å²) in [6, 6.07) is 3.01. The highest BCUT2D eigenvalue weighted by Crippen LogP contribution is 2.07. The molecule has 2 N–H and O–H groups in total. The van der Waals surface area contributed by atoms with Crippen molar-refractivity contribution in [3.63, 3.8) is 0 Å². The van der Waals surface area contributed by atoms with Gasteiger partial charge in [0.25, 0.3) is 0 Å². The number of nitrogens with zero attached hydrogens (tertiary/aromatic N) is 1. The first-order chi connectivity index (χ1) is 5.74. The van der Waals surface area contributed by atoms with E-state index in [9.17, 15) is 4.79 Å². The molecule has 1 heterocycles. The van der Waals surface area contributed by atoms with Gasteiger partial charge in [-0.1, -0.05) is 0 Å². The molecule has 4 nitrogen and oxygen atoms in total. The molecule has 0 saturated carbocycles. The molecule has 1 aromatic rings. The highest BCUT2D eigenvalue weighted by atomic mass is 16.5. The fourth-order valence-corrected chi connectivity index (χ4v) is 0.746. The van der Waals surface area contributed by atoms with Crippen LogP contribution in [0.2, 0.25) is 0 Å². The summed E-state index contributed by atoms with van der Waals surface area (Å²) in [6.45, 7) is 3.75. The van der Waals surface area contributed by atoms with Crippen molar-refractivity contribution in [1.29, 1.82) is 0 Å². The largest absolute Gasteiger partial charge is 0.478 e. The van der Waals surface area contributed by atoms with Gasteiger partial charge in [0.2, 0.25) is 11.8 Å². The Balaban J connectivity index is 2.88. The number of amides is 1. The third-order valence-electron chi connectivity index (χ3n) is 1.27. The number of hydrogen-bond donors (Lipinski definition) is 1. The SMILES string of the molecule is [CH2]COc1cc(C(N)=O)ccn1. The first-order valence-electron chi connectivity index (χ1n) is 3.42. The summed E-state index contributed by atoms with van der Waals surface area (Å²) in [5, 5.41) is 0. The molecule has 63 valence electrons. The van der Waals surface area contributed by atoms with Crippen molar-refractivity contribution in [2.75, 3.05) is 6.61 Å². The van der Waals surface area contributed by atoms with Crippen LogP contribution in [0.15, 0.2) is 18.3 Å². The van der Waals surface area contributed by atoms with E-state index >= 15 is 0 Å². The molecule has 0 saturated heterocycles. The Morgan fingerprint density at radius 3 is 3.08 bits per heavy atom. The molecule has 0 spiro atoms. The van der Waals surface area contributed by atoms with Crippen molar-refractivity contribution in [3.8, 4) is 5.88 Å². The van der Waals surface area contributed by atoms with Gasteiger partial charge in [0.15, 0.2) is 0 Å². The molecular formula is C8H9N2O2. The molecule has 1 radical (unpaired) electrons. The van der Waals surface area contributed by atoms with Gasteiger partial charge in [-0.2, -0.15) is 0 Å². The fraction of sp³-hybridized carbons (Fsp3) is 0.125. The normalized spacial score (nSPS) is 9.42. The second-order valence-electron chi connectivity index (χ2n) is 2.10. The van der Waals surface area contributed by atoms with Crippen molar-refractivity contribution < 1.29 is 9.53 Å². The molecule has 12 heavy (non-hydrogen) atoms. The van der Waals surface area contributed by atoms with Gasteiger partial charge in [0.05, 0.1) is 6.61 Å². The molecule has 1 aromatic heterocycles. The van der Waals surface area contributed by atoms with Crippen molar-refractivity contribution in [2.45, 2.75) is 0 Å². The standard InChI is InChI=1S/C8H9N2O2/c1-2-12-7-5-6(8(9)11)3-4-10-7/h3-5H,1-2H2,(H2,9,11). The zero-order chi connectivity index (χ0) is 8.97. The topological polar surface area (TPSA) is 65.2 Å². The fourth-order valence-electron chi connectivity index (χ4n) is 0.746. The molecule has 0 aliphatic carbocycles. The summed E-state index contributed by atoms with van der Waals surface area (Å²) in [7, 11) is 0. The van der Waals surface area contributed by atoms with Crippen molar-refractivity contribution in [1.82, 2.24) is 4.98 Å². The lowest BCUT2D eigenvalue weighted by molar-refractivity contribution is 0.0999. The molecule has 1 rings (SSSR count). The van der Waals surface area contributed by atoms with Gasteiger partial charge < -0.3 is 10.5 Å². The van der Waals surface area contributed by atoms with Crippen LogP contribution in [0.1, 0.15) is 10.4 Å². The van der Waals surface area contributed by atoms with Crippen LogP contribution in [0.5, 0.6) is 5.88 Å². The van der Waals surface area contributed by atoms with Gasteiger partial charge in [0, 0.05) is 17.8 Å². The van der Waals surface area contributed by atoms with Crippen LogP contribution in [0.25, 0.3) is 0 Å². The molecule has 0 aromatic carbocycles. The van der Waals surface area contributed by atoms with Crippen LogP contribution in [-0.4, -0.2) is 17.5 Å². The number of hydrogen-bond acceptors (Lipinski definition) is 3. The average molecular weight is 165 g/mol. The molecule has 0 unspecified atom stereocenters. The van der Waals surface area contributed by atoms with E-state index in [1.165, 1.54) is 18.3 Å². The van der Waals surface area contributed by atoms with E-state index in [-0.39, 0.29) is 6.61 Å².